The Balaban J connectivity index is 0.000000671. The number of ether oxygens (including phenoxy) is 1. The van der Waals surface area contributed by atoms with Crippen LogP contribution in [0.3, 0.4) is 0 Å². The van der Waals surface area contributed by atoms with Crippen LogP contribution in [0.2, 0.25) is 0 Å². The highest BCUT2D eigenvalue weighted by Crippen LogP contribution is 2.19. The largest absolute Gasteiger partial charge is 0.394 e. The predicted octanol–water partition coefficient (Wildman–Crippen LogP) is -0.0959. The monoisotopic (exact) mass is 192 g/mol. The molecule has 1 aliphatic heterocycles. The lowest BCUT2D eigenvalue weighted by molar-refractivity contribution is -0.174. The third kappa shape index (κ3) is 3.60. The molecule has 13 heavy (non-hydrogen) atoms. The number of aliphatic hydroxyl groups excluding tert-OH is 3. The minimum atomic E-state index is -0.948. The minimum Gasteiger partial charge on any atom is -0.394 e. The molecular formula is C9H20O4. The third-order valence-corrected chi connectivity index (χ3v) is 1.94. The first-order chi connectivity index (χ1) is 6.15. The molecule has 0 radical (unpaired) electrons. The molecule has 1 saturated heterocycles. The zero-order valence-electron chi connectivity index (χ0n) is 8.47. The number of hydrogen-bond donors (Lipinski definition) is 3. The van der Waals surface area contributed by atoms with Gasteiger partial charge < -0.3 is 20.1 Å². The van der Waals surface area contributed by atoms with E-state index in [1.165, 1.54) is 0 Å². The molecule has 4 heteroatoms. The molecule has 0 bridgehead atoms. The van der Waals surface area contributed by atoms with Gasteiger partial charge in [0.25, 0.3) is 0 Å². The summed E-state index contributed by atoms with van der Waals surface area (Å²) in [5, 5.41) is 27.1. The first-order valence-electron chi connectivity index (χ1n) is 4.77. The molecule has 0 aromatic carbocycles. The fraction of sp³-hybridized carbons (Fsp3) is 1.00. The third-order valence-electron chi connectivity index (χ3n) is 1.94. The fourth-order valence-electron chi connectivity index (χ4n) is 1.31. The van der Waals surface area contributed by atoms with Crippen molar-refractivity contribution in [2.24, 2.45) is 0 Å². The Kier molecular flexibility index (Phi) is 6.24. The van der Waals surface area contributed by atoms with Crippen LogP contribution in [-0.4, -0.2) is 46.3 Å². The van der Waals surface area contributed by atoms with Gasteiger partial charge in [0, 0.05) is 6.42 Å². The van der Waals surface area contributed by atoms with Gasteiger partial charge >= 0.3 is 0 Å². The van der Waals surface area contributed by atoms with Crippen LogP contribution in [0.1, 0.15) is 27.2 Å². The Morgan fingerprint density at radius 1 is 1.31 bits per heavy atom. The molecule has 80 valence electrons. The molecule has 0 aromatic rings. The highest BCUT2D eigenvalue weighted by atomic mass is 16.5. The van der Waals surface area contributed by atoms with Gasteiger partial charge in [-0.25, -0.2) is 0 Å². The maximum absolute atomic E-state index is 9.22. The summed E-state index contributed by atoms with van der Waals surface area (Å²) in [5.41, 5.74) is 0. The van der Waals surface area contributed by atoms with Crippen molar-refractivity contribution < 1.29 is 20.1 Å². The molecule has 0 amide bonds. The molecule has 4 unspecified atom stereocenters. The van der Waals surface area contributed by atoms with Crippen molar-refractivity contribution in [2.45, 2.75) is 51.6 Å². The molecule has 3 N–H and O–H groups in total. The lowest BCUT2D eigenvalue weighted by Crippen LogP contribution is -2.49. The van der Waals surface area contributed by atoms with Crippen LogP contribution >= 0.6 is 0 Å². The van der Waals surface area contributed by atoms with Crippen molar-refractivity contribution in [2.75, 3.05) is 6.61 Å². The highest BCUT2D eigenvalue weighted by molar-refractivity contribution is 4.83. The molecule has 0 spiro atoms. The van der Waals surface area contributed by atoms with Gasteiger partial charge in [0.05, 0.1) is 18.8 Å². The van der Waals surface area contributed by atoms with E-state index in [2.05, 4.69) is 0 Å². The summed E-state index contributed by atoms with van der Waals surface area (Å²) >= 11 is 0. The quantitative estimate of drug-likeness (QED) is 0.543. The second kappa shape index (κ2) is 6.32. The Hall–Kier alpha value is -0.160. The van der Waals surface area contributed by atoms with Gasteiger partial charge in [0.15, 0.2) is 0 Å². The standard InChI is InChI=1S/C7H14O4.C2H6/c1-4-2-5(9)7(10)6(3-8)11-4;1-2/h4-10H,2-3H2,1H3;1-2H3. The molecule has 0 aromatic heterocycles. The Morgan fingerprint density at radius 3 is 2.31 bits per heavy atom. The van der Waals surface area contributed by atoms with Crippen molar-refractivity contribution >= 4 is 0 Å². The molecule has 1 heterocycles. The minimum absolute atomic E-state index is 0.0921. The van der Waals surface area contributed by atoms with Gasteiger partial charge in [-0.15, -0.1) is 0 Å². The van der Waals surface area contributed by atoms with Crippen LogP contribution in [0.25, 0.3) is 0 Å². The van der Waals surface area contributed by atoms with E-state index in [9.17, 15) is 10.2 Å². The molecule has 4 nitrogen and oxygen atoms in total. The van der Waals surface area contributed by atoms with E-state index < -0.39 is 18.3 Å². The predicted molar refractivity (Wildman–Crippen MR) is 49.4 cm³/mol. The van der Waals surface area contributed by atoms with E-state index in [0.717, 1.165) is 0 Å². The van der Waals surface area contributed by atoms with Gasteiger partial charge in [-0.2, -0.15) is 0 Å². The summed E-state index contributed by atoms with van der Waals surface area (Å²) in [6.07, 6.45) is -2.01. The average Bonchev–Trinajstić information content (AvgIpc) is 2.14. The van der Waals surface area contributed by atoms with Crippen molar-refractivity contribution in [1.82, 2.24) is 0 Å². The summed E-state index contributed by atoms with van der Waals surface area (Å²) in [7, 11) is 0. The molecule has 1 aliphatic rings. The van der Waals surface area contributed by atoms with Gasteiger partial charge in [-0.1, -0.05) is 13.8 Å². The molecule has 0 saturated carbocycles. The van der Waals surface area contributed by atoms with Crippen LogP contribution in [0.5, 0.6) is 0 Å². The average molecular weight is 192 g/mol. The van der Waals surface area contributed by atoms with Gasteiger partial charge in [-0.05, 0) is 6.92 Å². The summed E-state index contributed by atoms with van der Waals surface area (Å²) in [4.78, 5) is 0. The second-order valence-corrected chi connectivity index (χ2v) is 2.96. The first-order valence-corrected chi connectivity index (χ1v) is 4.77. The first kappa shape index (κ1) is 12.8. The molecule has 1 fully saturated rings. The smallest absolute Gasteiger partial charge is 0.109 e. The molecule has 4 atom stereocenters. The summed E-state index contributed by atoms with van der Waals surface area (Å²) in [5.74, 6) is 0. The van der Waals surface area contributed by atoms with Crippen LogP contribution in [0.15, 0.2) is 0 Å². The van der Waals surface area contributed by atoms with Crippen LogP contribution in [-0.2, 0) is 4.74 Å². The van der Waals surface area contributed by atoms with Crippen LogP contribution in [0, 0.1) is 0 Å². The summed E-state index contributed by atoms with van der Waals surface area (Å²) in [6.45, 7) is 5.56. The van der Waals surface area contributed by atoms with E-state index in [0.29, 0.717) is 6.42 Å². The van der Waals surface area contributed by atoms with Gasteiger partial charge in [0.2, 0.25) is 0 Å². The highest BCUT2D eigenvalue weighted by Gasteiger charge is 2.34. The number of aliphatic hydroxyl groups is 3. The van der Waals surface area contributed by atoms with Crippen molar-refractivity contribution in [3.05, 3.63) is 0 Å². The maximum Gasteiger partial charge on any atom is 0.109 e. The lowest BCUT2D eigenvalue weighted by atomic mass is 9.99. The Labute approximate surface area is 79.2 Å². The van der Waals surface area contributed by atoms with E-state index in [4.69, 9.17) is 9.84 Å². The normalized spacial score (nSPS) is 39.2. The Bertz CT molecular complexity index is 129. The summed E-state index contributed by atoms with van der Waals surface area (Å²) in [6, 6.07) is 0. The SMILES string of the molecule is CC.CC1CC(O)C(O)C(CO)O1. The number of rotatable bonds is 1. The Morgan fingerprint density at radius 2 is 1.85 bits per heavy atom. The molecule has 1 rings (SSSR count). The number of hydrogen-bond acceptors (Lipinski definition) is 4. The lowest BCUT2D eigenvalue weighted by Gasteiger charge is -2.34. The summed E-state index contributed by atoms with van der Waals surface area (Å²) < 4.78 is 5.16. The van der Waals surface area contributed by atoms with E-state index in [1.807, 2.05) is 13.8 Å². The second-order valence-electron chi connectivity index (χ2n) is 2.96. The molecule has 0 aliphatic carbocycles. The van der Waals surface area contributed by atoms with E-state index in [1.54, 1.807) is 6.92 Å². The zero-order valence-corrected chi connectivity index (χ0v) is 8.47. The van der Waals surface area contributed by atoms with Crippen LogP contribution in [0.4, 0.5) is 0 Å². The zero-order chi connectivity index (χ0) is 10.4. The van der Waals surface area contributed by atoms with E-state index in [-0.39, 0.29) is 12.7 Å². The van der Waals surface area contributed by atoms with Crippen LogP contribution < -0.4 is 0 Å². The maximum atomic E-state index is 9.22. The topological polar surface area (TPSA) is 69.9 Å². The van der Waals surface area contributed by atoms with Gasteiger partial charge in [-0.3, -0.25) is 0 Å². The fourth-order valence-corrected chi connectivity index (χ4v) is 1.31. The molecular weight excluding hydrogens is 172 g/mol. The van der Waals surface area contributed by atoms with Crippen molar-refractivity contribution in [1.29, 1.82) is 0 Å². The van der Waals surface area contributed by atoms with E-state index >= 15 is 0 Å². The van der Waals surface area contributed by atoms with Crippen molar-refractivity contribution in [3.8, 4) is 0 Å². The van der Waals surface area contributed by atoms with Crippen molar-refractivity contribution in [3.63, 3.8) is 0 Å². The van der Waals surface area contributed by atoms with Gasteiger partial charge in [0.1, 0.15) is 12.2 Å².